The Morgan fingerprint density at radius 2 is 0.896 bits per heavy atom. The minimum Gasteiger partial charge on any atom is -0.135 e. The Bertz CT molecular complexity index is 2670. The molecular formula is C47H32S. The van der Waals surface area contributed by atoms with Gasteiger partial charge in [-0.15, -0.1) is 11.3 Å². The second-order valence-electron chi connectivity index (χ2n) is 13.6. The van der Waals surface area contributed by atoms with Gasteiger partial charge in [0.2, 0.25) is 0 Å². The van der Waals surface area contributed by atoms with Crippen LogP contribution in [0.15, 0.2) is 158 Å². The van der Waals surface area contributed by atoms with Crippen molar-refractivity contribution in [2.45, 2.75) is 19.3 Å². The van der Waals surface area contributed by atoms with Crippen molar-refractivity contribution in [3.8, 4) is 44.5 Å². The van der Waals surface area contributed by atoms with Gasteiger partial charge in [-0.2, -0.15) is 0 Å². The highest BCUT2D eigenvalue weighted by Crippen LogP contribution is 2.54. The molecular weight excluding hydrogens is 597 g/mol. The monoisotopic (exact) mass is 628 g/mol. The van der Waals surface area contributed by atoms with Crippen molar-refractivity contribution in [2.75, 3.05) is 0 Å². The van der Waals surface area contributed by atoms with Gasteiger partial charge in [0.15, 0.2) is 0 Å². The Morgan fingerprint density at radius 3 is 1.54 bits per heavy atom. The van der Waals surface area contributed by atoms with Gasteiger partial charge in [0.05, 0.1) is 0 Å². The lowest BCUT2D eigenvalue weighted by Gasteiger charge is -2.22. The van der Waals surface area contributed by atoms with E-state index in [2.05, 4.69) is 172 Å². The van der Waals surface area contributed by atoms with Crippen LogP contribution in [0.1, 0.15) is 25.0 Å². The van der Waals surface area contributed by atoms with E-state index in [1.807, 2.05) is 11.3 Å². The number of hydrogen-bond donors (Lipinski definition) is 0. The SMILES string of the molecule is CC1(C)c2cc(-c3ccc(-c4c5ccccc5c(-c5ccccc5)c5ccccc45)cc3)ccc2-c2c1ccc1c2sc2ccccc21. The molecule has 0 aliphatic heterocycles. The van der Waals surface area contributed by atoms with E-state index < -0.39 is 0 Å². The Morgan fingerprint density at radius 1 is 0.375 bits per heavy atom. The largest absolute Gasteiger partial charge is 0.135 e. The fourth-order valence-corrected chi connectivity index (χ4v) is 9.63. The van der Waals surface area contributed by atoms with Crippen molar-refractivity contribution >= 4 is 53.1 Å². The van der Waals surface area contributed by atoms with Crippen LogP contribution in [-0.2, 0) is 5.41 Å². The minimum absolute atomic E-state index is 0.0662. The third-order valence-electron chi connectivity index (χ3n) is 10.7. The molecule has 1 aliphatic carbocycles. The second kappa shape index (κ2) is 10.2. The standard InChI is InChI=1S/C47H32S/c1-47(2)40-27-26-38-33-14-10-11-19-42(33)48-46(38)45(40)39-25-24-32(28-41(39)47)29-20-22-31(23-21-29)44-36-17-8-6-15-34(36)43(30-12-4-3-5-13-30)35-16-7-9-18-37(35)44/h3-28H,1-2H3. The third kappa shape index (κ3) is 3.89. The normalized spacial score (nSPS) is 13.4. The molecule has 1 aliphatic rings. The molecule has 0 spiro atoms. The van der Waals surface area contributed by atoms with Crippen molar-refractivity contribution < 1.29 is 0 Å². The first kappa shape index (κ1) is 27.6. The van der Waals surface area contributed by atoms with E-state index in [0.29, 0.717) is 0 Å². The van der Waals surface area contributed by atoms with Gasteiger partial charge in [0, 0.05) is 31.2 Å². The lowest BCUT2D eigenvalue weighted by molar-refractivity contribution is 0.661. The summed E-state index contributed by atoms with van der Waals surface area (Å²) in [5, 5.41) is 7.87. The minimum atomic E-state index is -0.0662. The predicted molar refractivity (Wildman–Crippen MR) is 208 cm³/mol. The van der Waals surface area contributed by atoms with Gasteiger partial charge >= 0.3 is 0 Å². The molecule has 0 nitrogen and oxygen atoms in total. The fraction of sp³-hybridized carbons (Fsp3) is 0.0638. The molecule has 0 unspecified atom stereocenters. The van der Waals surface area contributed by atoms with Crippen LogP contribution in [-0.4, -0.2) is 0 Å². The van der Waals surface area contributed by atoms with Crippen molar-refractivity contribution in [3.63, 3.8) is 0 Å². The van der Waals surface area contributed by atoms with Crippen LogP contribution in [0.25, 0.3) is 86.2 Å². The summed E-state index contributed by atoms with van der Waals surface area (Å²) in [5.41, 5.74) is 13.2. The summed E-state index contributed by atoms with van der Waals surface area (Å²) >= 11 is 1.93. The Kier molecular flexibility index (Phi) is 5.89. The van der Waals surface area contributed by atoms with Crippen molar-refractivity contribution in [3.05, 3.63) is 169 Å². The van der Waals surface area contributed by atoms with E-state index in [0.717, 1.165) is 0 Å². The van der Waals surface area contributed by atoms with Gasteiger partial charge < -0.3 is 0 Å². The summed E-state index contributed by atoms with van der Waals surface area (Å²) in [5.74, 6) is 0. The van der Waals surface area contributed by atoms with Gasteiger partial charge in [-0.25, -0.2) is 0 Å². The molecule has 48 heavy (non-hydrogen) atoms. The molecule has 0 saturated carbocycles. The molecule has 0 bridgehead atoms. The molecule has 9 aromatic rings. The topological polar surface area (TPSA) is 0 Å². The first-order valence-electron chi connectivity index (χ1n) is 16.8. The zero-order valence-electron chi connectivity index (χ0n) is 26.9. The summed E-state index contributed by atoms with van der Waals surface area (Å²) in [6.07, 6.45) is 0. The molecule has 10 rings (SSSR count). The molecule has 0 fully saturated rings. The average molecular weight is 629 g/mol. The zero-order chi connectivity index (χ0) is 32.0. The third-order valence-corrected chi connectivity index (χ3v) is 11.9. The molecule has 8 aromatic carbocycles. The maximum atomic E-state index is 2.45. The van der Waals surface area contributed by atoms with E-state index in [1.54, 1.807) is 0 Å². The van der Waals surface area contributed by atoms with Crippen LogP contribution in [0, 0.1) is 0 Å². The molecule has 1 aromatic heterocycles. The van der Waals surface area contributed by atoms with Gasteiger partial charge in [-0.1, -0.05) is 159 Å². The van der Waals surface area contributed by atoms with Crippen LogP contribution in [0.5, 0.6) is 0 Å². The summed E-state index contributed by atoms with van der Waals surface area (Å²) < 4.78 is 2.77. The van der Waals surface area contributed by atoms with Gasteiger partial charge in [0.25, 0.3) is 0 Å². The molecule has 0 amide bonds. The molecule has 0 N–H and O–H groups in total. The smallest absolute Gasteiger partial charge is 0.0437 e. The van der Waals surface area contributed by atoms with Crippen LogP contribution in [0.4, 0.5) is 0 Å². The molecule has 226 valence electrons. The van der Waals surface area contributed by atoms with E-state index >= 15 is 0 Å². The average Bonchev–Trinajstić information content (AvgIpc) is 3.63. The highest BCUT2D eigenvalue weighted by molar-refractivity contribution is 7.26. The summed E-state index contributed by atoms with van der Waals surface area (Å²) in [6.45, 7) is 4.78. The van der Waals surface area contributed by atoms with E-state index in [9.17, 15) is 0 Å². The van der Waals surface area contributed by atoms with Crippen LogP contribution in [0.2, 0.25) is 0 Å². The van der Waals surface area contributed by atoms with Crippen LogP contribution < -0.4 is 0 Å². The number of benzene rings is 8. The van der Waals surface area contributed by atoms with E-state index in [4.69, 9.17) is 0 Å². The number of hydrogen-bond acceptors (Lipinski definition) is 1. The number of rotatable bonds is 3. The van der Waals surface area contributed by atoms with Crippen molar-refractivity contribution in [1.29, 1.82) is 0 Å². The first-order valence-corrected chi connectivity index (χ1v) is 17.6. The molecule has 0 saturated heterocycles. The number of fused-ring (bicyclic) bond motifs is 9. The van der Waals surface area contributed by atoms with Crippen LogP contribution in [0.3, 0.4) is 0 Å². The quantitative estimate of drug-likeness (QED) is 0.171. The molecule has 0 radical (unpaired) electrons. The molecule has 1 heteroatoms. The van der Waals surface area contributed by atoms with Gasteiger partial charge in [0.1, 0.15) is 0 Å². The predicted octanol–water partition coefficient (Wildman–Crippen LogP) is 13.7. The van der Waals surface area contributed by atoms with E-state index in [-0.39, 0.29) is 5.41 Å². The van der Waals surface area contributed by atoms with Crippen molar-refractivity contribution in [1.82, 2.24) is 0 Å². The Balaban J connectivity index is 1.10. The molecule has 0 atom stereocenters. The maximum absolute atomic E-state index is 2.45. The molecule has 1 heterocycles. The Hall–Kier alpha value is -5.50. The second-order valence-corrected chi connectivity index (χ2v) is 14.7. The van der Waals surface area contributed by atoms with E-state index in [1.165, 1.54) is 97.4 Å². The number of thiophene rings is 1. The summed E-state index contributed by atoms with van der Waals surface area (Å²) in [6, 6.07) is 58.5. The zero-order valence-corrected chi connectivity index (χ0v) is 27.7. The maximum Gasteiger partial charge on any atom is 0.0437 e. The highest BCUT2D eigenvalue weighted by Gasteiger charge is 2.37. The lowest BCUT2D eigenvalue weighted by Crippen LogP contribution is -2.14. The van der Waals surface area contributed by atoms with Gasteiger partial charge in [-0.05, 0) is 83.7 Å². The van der Waals surface area contributed by atoms with Crippen LogP contribution >= 0.6 is 11.3 Å². The fourth-order valence-electron chi connectivity index (χ4n) is 8.37. The highest BCUT2D eigenvalue weighted by atomic mass is 32.1. The first-order chi connectivity index (χ1) is 23.6. The summed E-state index contributed by atoms with van der Waals surface area (Å²) in [7, 11) is 0. The van der Waals surface area contributed by atoms with Gasteiger partial charge in [-0.3, -0.25) is 0 Å². The summed E-state index contributed by atoms with van der Waals surface area (Å²) in [4.78, 5) is 0. The lowest BCUT2D eigenvalue weighted by atomic mass is 9.81. The Labute approximate surface area is 284 Å². The van der Waals surface area contributed by atoms with Crippen molar-refractivity contribution in [2.24, 2.45) is 0 Å².